The normalized spacial score (nSPS) is 13.9. The van der Waals surface area contributed by atoms with E-state index in [1.54, 1.807) is 36.8 Å². The van der Waals surface area contributed by atoms with Gasteiger partial charge in [-0.25, -0.2) is 14.4 Å². The first kappa shape index (κ1) is 14.9. The van der Waals surface area contributed by atoms with Crippen LogP contribution in [0.1, 0.15) is 18.9 Å². The van der Waals surface area contributed by atoms with Crippen LogP contribution in [0.4, 0.5) is 16.0 Å². The standard InChI is InChI=1S/C19H15FN6/c20-14-3-1-2-4-15(14)24-19-22-11-16-18(25-19)26(13-5-6-13)17(23-16)12-7-9-21-10-8-12/h1-4,7-11,13H,5-6H2,(H,22,24,25). The maximum atomic E-state index is 13.9. The highest BCUT2D eigenvalue weighted by atomic mass is 19.1. The fourth-order valence-electron chi connectivity index (χ4n) is 3.02. The zero-order chi connectivity index (χ0) is 17.5. The van der Waals surface area contributed by atoms with Gasteiger partial charge in [-0.1, -0.05) is 12.1 Å². The first-order valence-electron chi connectivity index (χ1n) is 8.46. The molecule has 5 rings (SSSR count). The van der Waals surface area contributed by atoms with Gasteiger partial charge in [-0.2, -0.15) is 4.98 Å². The minimum atomic E-state index is -0.343. The van der Waals surface area contributed by atoms with E-state index in [0.29, 0.717) is 17.7 Å². The van der Waals surface area contributed by atoms with Crippen LogP contribution in [0.5, 0.6) is 0 Å². The highest BCUT2D eigenvalue weighted by Crippen LogP contribution is 2.40. The Hall–Kier alpha value is -3.35. The van der Waals surface area contributed by atoms with Crippen molar-refractivity contribution in [3.05, 3.63) is 60.8 Å². The molecule has 4 aromatic rings. The second-order valence-corrected chi connectivity index (χ2v) is 6.28. The van der Waals surface area contributed by atoms with Crippen molar-refractivity contribution in [3.8, 4) is 11.4 Å². The molecule has 1 N–H and O–H groups in total. The van der Waals surface area contributed by atoms with Crippen LogP contribution in [0.25, 0.3) is 22.6 Å². The van der Waals surface area contributed by atoms with Crippen LogP contribution in [0, 0.1) is 5.82 Å². The summed E-state index contributed by atoms with van der Waals surface area (Å²) in [6.07, 6.45) is 7.38. The Morgan fingerprint density at radius 3 is 2.62 bits per heavy atom. The van der Waals surface area contributed by atoms with Crippen molar-refractivity contribution in [3.63, 3.8) is 0 Å². The van der Waals surface area contributed by atoms with Gasteiger partial charge in [0.15, 0.2) is 5.65 Å². The summed E-state index contributed by atoms with van der Waals surface area (Å²) in [6, 6.07) is 10.7. The maximum Gasteiger partial charge on any atom is 0.229 e. The summed E-state index contributed by atoms with van der Waals surface area (Å²) < 4.78 is 16.0. The van der Waals surface area contributed by atoms with Crippen molar-refractivity contribution in [2.45, 2.75) is 18.9 Å². The molecule has 0 radical (unpaired) electrons. The number of benzene rings is 1. The van der Waals surface area contributed by atoms with Crippen molar-refractivity contribution in [2.24, 2.45) is 0 Å². The first-order valence-corrected chi connectivity index (χ1v) is 8.46. The molecule has 6 nitrogen and oxygen atoms in total. The Bertz CT molecular complexity index is 1090. The summed E-state index contributed by atoms with van der Waals surface area (Å²) in [5.41, 5.74) is 2.82. The molecule has 0 aliphatic heterocycles. The lowest BCUT2D eigenvalue weighted by molar-refractivity contribution is 0.631. The SMILES string of the molecule is Fc1ccccc1Nc1ncc2nc(-c3ccncc3)n(C3CC3)c2n1. The molecule has 0 amide bonds. The van der Waals surface area contributed by atoms with E-state index in [-0.39, 0.29) is 5.82 Å². The van der Waals surface area contributed by atoms with E-state index in [2.05, 4.69) is 24.8 Å². The lowest BCUT2D eigenvalue weighted by atomic mass is 10.2. The van der Waals surface area contributed by atoms with E-state index in [0.717, 1.165) is 35.4 Å². The number of rotatable bonds is 4. The van der Waals surface area contributed by atoms with Crippen molar-refractivity contribution >= 4 is 22.8 Å². The number of hydrogen-bond donors (Lipinski definition) is 1. The maximum absolute atomic E-state index is 13.9. The number of nitrogens with one attached hydrogen (secondary N) is 1. The number of imidazole rings is 1. The molecule has 0 atom stereocenters. The number of aromatic nitrogens is 5. The number of hydrogen-bond acceptors (Lipinski definition) is 5. The second kappa shape index (κ2) is 5.87. The zero-order valence-electron chi connectivity index (χ0n) is 13.8. The molecule has 128 valence electrons. The molecule has 7 heteroatoms. The topological polar surface area (TPSA) is 68.5 Å². The molecular weight excluding hydrogens is 331 g/mol. The summed E-state index contributed by atoms with van der Waals surface area (Å²) in [5, 5.41) is 2.95. The Balaban J connectivity index is 1.62. The molecule has 1 aliphatic rings. The number of anilines is 2. The minimum Gasteiger partial charge on any atom is -0.322 e. The van der Waals surface area contributed by atoms with Crippen LogP contribution in [-0.4, -0.2) is 24.5 Å². The van der Waals surface area contributed by atoms with Crippen LogP contribution in [0.15, 0.2) is 55.0 Å². The Morgan fingerprint density at radius 2 is 1.85 bits per heavy atom. The molecule has 0 spiro atoms. The van der Waals surface area contributed by atoms with Crippen molar-refractivity contribution in [1.29, 1.82) is 0 Å². The van der Waals surface area contributed by atoms with E-state index in [9.17, 15) is 4.39 Å². The lowest BCUT2D eigenvalue weighted by Crippen LogP contribution is -2.02. The van der Waals surface area contributed by atoms with Gasteiger partial charge in [0.2, 0.25) is 5.95 Å². The molecule has 3 heterocycles. The average Bonchev–Trinajstić information content (AvgIpc) is 3.44. The number of pyridine rings is 1. The fourth-order valence-corrected chi connectivity index (χ4v) is 3.02. The van der Waals surface area contributed by atoms with Gasteiger partial charge >= 0.3 is 0 Å². The second-order valence-electron chi connectivity index (χ2n) is 6.28. The monoisotopic (exact) mass is 346 g/mol. The van der Waals surface area contributed by atoms with Gasteiger partial charge in [0.1, 0.15) is 17.2 Å². The van der Waals surface area contributed by atoms with Gasteiger partial charge in [0.05, 0.1) is 11.9 Å². The van der Waals surface area contributed by atoms with Crippen LogP contribution >= 0.6 is 0 Å². The minimum absolute atomic E-state index is 0.343. The highest BCUT2D eigenvalue weighted by molar-refractivity contribution is 5.78. The zero-order valence-corrected chi connectivity index (χ0v) is 13.8. The van der Waals surface area contributed by atoms with E-state index >= 15 is 0 Å². The Kier molecular flexibility index (Phi) is 3.38. The fraction of sp³-hybridized carbons (Fsp3) is 0.158. The van der Waals surface area contributed by atoms with Gasteiger partial charge in [0, 0.05) is 24.0 Å². The van der Waals surface area contributed by atoms with E-state index in [4.69, 9.17) is 4.98 Å². The van der Waals surface area contributed by atoms with Crippen LogP contribution in [0.3, 0.4) is 0 Å². The van der Waals surface area contributed by atoms with E-state index in [1.807, 2.05) is 12.1 Å². The molecule has 0 bridgehead atoms. The average molecular weight is 346 g/mol. The largest absolute Gasteiger partial charge is 0.322 e. The quantitative estimate of drug-likeness (QED) is 0.602. The Morgan fingerprint density at radius 1 is 1.04 bits per heavy atom. The van der Waals surface area contributed by atoms with Crippen LogP contribution in [-0.2, 0) is 0 Å². The number of halogens is 1. The van der Waals surface area contributed by atoms with Crippen LogP contribution < -0.4 is 5.32 Å². The molecule has 0 unspecified atom stereocenters. The van der Waals surface area contributed by atoms with Gasteiger partial charge in [-0.05, 0) is 37.1 Å². The molecule has 0 saturated heterocycles. The third-order valence-corrected chi connectivity index (χ3v) is 4.40. The summed E-state index contributed by atoms with van der Waals surface area (Å²) in [4.78, 5) is 17.7. The van der Waals surface area contributed by atoms with Crippen molar-refractivity contribution in [1.82, 2.24) is 24.5 Å². The molecule has 26 heavy (non-hydrogen) atoms. The summed E-state index contributed by atoms with van der Waals surface area (Å²) >= 11 is 0. The molecule has 1 aromatic carbocycles. The third kappa shape index (κ3) is 2.57. The lowest BCUT2D eigenvalue weighted by Gasteiger charge is -2.08. The first-order chi connectivity index (χ1) is 12.8. The predicted molar refractivity (Wildman–Crippen MR) is 96.5 cm³/mol. The smallest absolute Gasteiger partial charge is 0.229 e. The highest BCUT2D eigenvalue weighted by Gasteiger charge is 2.29. The van der Waals surface area contributed by atoms with Crippen molar-refractivity contribution in [2.75, 3.05) is 5.32 Å². The number of fused-ring (bicyclic) bond motifs is 1. The third-order valence-electron chi connectivity index (χ3n) is 4.40. The van der Waals surface area contributed by atoms with Gasteiger partial charge in [-0.3, -0.25) is 4.98 Å². The molecular formula is C19H15FN6. The molecule has 1 saturated carbocycles. The van der Waals surface area contributed by atoms with Gasteiger partial charge in [0.25, 0.3) is 0 Å². The molecule has 1 aliphatic carbocycles. The summed E-state index contributed by atoms with van der Waals surface area (Å²) in [6.45, 7) is 0. The van der Waals surface area contributed by atoms with Gasteiger partial charge < -0.3 is 9.88 Å². The number of para-hydroxylation sites is 1. The molecule has 3 aromatic heterocycles. The Labute approximate surface area is 148 Å². The predicted octanol–water partition coefficient (Wildman–Crippen LogP) is 4.11. The summed E-state index contributed by atoms with van der Waals surface area (Å²) in [5.74, 6) is 0.872. The van der Waals surface area contributed by atoms with Crippen LogP contribution in [0.2, 0.25) is 0 Å². The van der Waals surface area contributed by atoms with Gasteiger partial charge in [-0.15, -0.1) is 0 Å². The molecule has 1 fully saturated rings. The summed E-state index contributed by atoms with van der Waals surface area (Å²) in [7, 11) is 0. The van der Waals surface area contributed by atoms with E-state index < -0.39 is 0 Å². The number of nitrogens with zero attached hydrogens (tertiary/aromatic N) is 5. The van der Waals surface area contributed by atoms with Crippen molar-refractivity contribution < 1.29 is 4.39 Å². The van der Waals surface area contributed by atoms with E-state index in [1.165, 1.54) is 6.07 Å².